The van der Waals surface area contributed by atoms with Crippen molar-refractivity contribution in [2.24, 2.45) is 0 Å². The second kappa shape index (κ2) is 16.3. The molecule has 0 radical (unpaired) electrons. The van der Waals surface area contributed by atoms with Gasteiger partial charge in [0.05, 0.1) is 0 Å². The largest absolute Gasteiger partial charge is 0.550 e. The summed E-state index contributed by atoms with van der Waals surface area (Å²) in [5, 5.41) is 21.6. The molecule has 0 amide bonds. The molecular formula is C24H36O4S-2. The van der Waals surface area contributed by atoms with Crippen LogP contribution in [0.5, 0.6) is 0 Å². The number of carboxylic acid groups (broad SMARTS) is 2. The van der Waals surface area contributed by atoms with E-state index in [0.29, 0.717) is 5.75 Å². The summed E-state index contributed by atoms with van der Waals surface area (Å²) < 4.78 is 0. The van der Waals surface area contributed by atoms with Gasteiger partial charge in [-0.1, -0.05) is 89.0 Å². The molecule has 1 atom stereocenters. The Morgan fingerprint density at radius 3 is 2.03 bits per heavy atom. The summed E-state index contributed by atoms with van der Waals surface area (Å²) in [5.74, 6) is -1.87. The van der Waals surface area contributed by atoms with E-state index in [-0.39, 0.29) is 18.1 Å². The third-order valence-corrected chi connectivity index (χ3v) is 6.44. The Labute approximate surface area is 180 Å². The number of rotatable bonds is 18. The lowest BCUT2D eigenvalue weighted by Gasteiger charge is -2.21. The van der Waals surface area contributed by atoms with Gasteiger partial charge >= 0.3 is 0 Å². The maximum atomic E-state index is 11.2. The Morgan fingerprint density at radius 1 is 0.862 bits per heavy atom. The predicted octanol–water partition coefficient (Wildman–Crippen LogP) is 4.20. The van der Waals surface area contributed by atoms with Crippen molar-refractivity contribution in [2.75, 3.05) is 5.75 Å². The van der Waals surface area contributed by atoms with Crippen molar-refractivity contribution in [3.63, 3.8) is 0 Å². The first-order chi connectivity index (χ1) is 14.0. The van der Waals surface area contributed by atoms with Gasteiger partial charge in [0.1, 0.15) is 0 Å². The van der Waals surface area contributed by atoms with Crippen LogP contribution >= 0.6 is 11.8 Å². The van der Waals surface area contributed by atoms with Crippen molar-refractivity contribution in [1.82, 2.24) is 0 Å². The van der Waals surface area contributed by atoms with E-state index in [1.54, 1.807) is 0 Å². The minimum atomic E-state index is -1.11. The second-order valence-corrected chi connectivity index (χ2v) is 9.00. The SMILES string of the molecule is CCCCCCCCCCCCc1ccccc1[C@H](CC(=O)[O-])SCCC(=O)[O-]. The fourth-order valence-electron chi connectivity index (χ4n) is 3.57. The normalized spacial score (nSPS) is 12.0. The van der Waals surface area contributed by atoms with Crippen molar-refractivity contribution in [1.29, 1.82) is 0 Å². The van der Waals surface area contributed by atoms with Gasteiger partial charge in [0.2, 0.25) is 0 Å². The van der Waals surface area contributed by atoms with Crippen LogP contribution in [0.15, 0.2) is 24.3 Å². The van der Waals surface area contributed by atoms with Gasteiger partial charge in [0.15, 0.2) is 0 Å². The monoisotopic (exact) mass is 420 g/mol. The van der Waals surface area contributed by atoms with Crippen molar-refractivity contribution in [2.45, 2.75) is 95.6 Å². The number of carboxylic acids is 2. The van der Waals surface area contributed by atoms with E-state index in [1.807, 2.05) is 18.2 Å². The molecule has 0 heterocycles. The first-order valence-electron chi connectivity index (χ1n) is 11.1. The average molecular weight is 421 g/mol. The Balaban J connectivity index is 2.43. The standard InChI is InChI=1S/C24H38O4S/c1-2-3-4-5-6-7-8-9-10-11-14-20-15-12-13-16-21(20)22(19-24(27)28)29-18-17-23(25)26/h12-13,15-16,22H,2-11,14,17-19H2,1H3,(H,25,26)(H,27,28)/p-2/t22-/m0/s1. The first kappa shape index (κ1) is 25.5. The van der Waals surface area contributed by atoms with Crippen LogP contribution in [-0.2, 0) is 16.0 Å². The molecule has 0 spiro atoms. The van der Waals surface area contributed by atoms with Crippen LogP contribution in [0, 0.1) is 0 Å². The van der Waals surface area contributed by atoms with Gasteiger partial charge < -0.3 is 19.8 Å². The summed E-state index contributed by atoms with van der Waals surface area (Å²) in [6.45, 7) is 2.24. The van der Waals surface area contributed by atoms with Gasteiger partial charge in [-0.05, 0) is 36.1 Å². The van der Waals surface area contributed by atoms with E-state index in [1.165, 1.54) is 75.1 Å². The second-order valence-electron chi connectivity index (χ2n) is 7.69. The van der Waals surface area contributed by atoms with Crippen LogP contribution in [0.4, 0.5) is 0 Å². The number of benzene rings is 1. The summed E-state index contributed by atoms with van der Waals surface area (Å²) >= 11 is 1.36. The zero-order chi connectivity index (χ0) is 21.3. The van der Waals surface area contributed by atoms with Crippen LogP contribution in [0.25, 0.3) is 0 Å². The van der Waals surface area contributed by atoms with Gasteiger partial charge in [-0.25, -0.2) is 0 Å². The number of carbonyl (C=O) groups is 2. The highest BCUT2D eigenvalue weighted by atomic mass is 32.2. The molecule has 0 aliphatic rings. The van der Waals surface area contributed by atoms with Gasteiger partial charge in [-0.15, -0.1) is 0 Å². The fraction of sp³-hybridized carbons (Fsp3) is 0.667. The summed E-state index contributed by atoms with van der Waals surface area (Å²) in [6, 6.07) is 7.92. The minimum absolute atomic E-state index is 0.0746. The lowest BCUT2D eigenvalue weighted by atomic mass is 9.97. The highest BCUT2D eigenvalue weighted by molar-refractivity contribution is 7.99. The molecule has 0 fully saturated rings. The number of hydrogen-bond acceptors (Lipinski definition) is 5. The molecule has 1 aromatic carbocycles. The van der Waals surface area contributed by atoms with Crippen LogP contribution in [0.2, 0.25) is 0 Å². The van der Waals surface area contributed by atoms with Gasteiger partial charge in [0.25, 0.3) is 0 Å². The van der Waals surface area contributed by atoms with Gasteiger partial charge in [-0.3, -0.25) is 0 Å². The molecular weight excluding hydrogens is 384 g/mol. The molecule has 164 valence electrons. The Morgan fingerprint density at radius 2 is 1.45 bits per heavy atom. The molecule has 5 heteroatoms. The predicted molar refractivity (Wildman–Crippen MR) is 116 cm³/mol. The Bertz CT molecular complexity index is 588. The van der Waals surface area contributed by atoms with E-state index >= 15 is 0 Å². The zero-order valence-corrected chi connectivity index (χ0v) is 18.6. The first-order valence-corrected chi connectivity index (χ1v) is 12.2. The third-order valence-electron chi connectivity index (χ3n) is 5.18. The van der Waals surface area contributed by atoms with Gasteiger partial charge in [0, 0.05) is 23.6 Å². The van der Waals surface area contributed by atoms with E-state index in [0.717, 1.165) is 18.4 Å². The Kier molecular flexibility index (Phi) is 14.4. The van der Waals surface area contributed by atoms with Crippen LogP contribution in [-0.4, -0.2) is 17.7 Å². The Hall–Kier alpha value is -1.49. The van der Waals surface area contributed by atoms with Crippen molar-refractivity contribution in [3.05, 3.63) is 35.4 Å². The third kappa shape index (κ3) is 12.6. The smallest absolute Gasteiger partial charge is 0.0428 e. The van der Waals surface area contributed by atoms with E-state index in [9.17, 15) is 19.8 Å². The number of aliphatic carboxylic acids is 2. The quantitative estimate of drug-likeness (QED) is 0.332. The topological polar surface area (TPSA) is 80.3 Å². The van der Waals surface area contributed by atoms with Crippen molar-refractivity contribution < 1.29 is 19.8 Å². The molecule has 0 aromatic heterocycles. The van der Waals surface area contributed by atoms with Crippen molar-refractivity contribution >= 4 is 23.7 Å². The lowest BCUT2D eigenvalue weighted by molar-refractivity contribution is -0.306. The van der Waals surface area contributed by atoms with Crippen LogP contribution < -0.4 is 10.2 Å². The molecule has 0 aliphatic carbocycles. The maximum Gasteiger partial charge on any atom is 0.0428 e. The maximum absolute atomic E-state index is 11.2. The molecule has 0 unspecified atom stereocenters. The molecule has 0 saturated heterocycles. The minimum Gasteiger partial charge on any atom is -0.550 e. The van der Waals surface area contributed by atoms with Crippen LogP contribution in [0.3, 0.4) is 0 Å². The van der Waals surface area contributed by atoms with E-state index in [2.05, 4.69) is 13.0 Å². The molecule has 4 nitrogen and oxygen atoms in total. The summed E-state index contributed by atoms with van der Waals surface area (Å²) in [5.41, 5.74) is 2.16. The molecule has 0 N–H and O–H groups in total. The number of hydrogen-bond donors (Lipinski definition) is 0. The van der Waals surface area contributed by atoms with E-state index < -0.39 is 11.9 Å². The summed E-state index contributed by atoms with van der Waals surface area (Å²) in [7, 11) is 0. The number of aryl methyl sites for hydroxylation is 1. The molecule has 1 rings (SSSR count). The van der Waals surface area contributed by atoms with Crippen LogP contribution in [0.1, 0.15) is 100 Å². The zero-order valence-electron chi connectivity index (χ0n) is 17.8. The molecule has 0 bridgehead atoms. The van der Waals surface area contributed by atoms with E-state index in [4.69, 9.17) is 0 Å². The molecule has 0 aliphatic heterocycles. The lowest BCUT2D eigenvalue weighted by Crippen LogP contribution is -2.25. The van der Waals surface area contributed by atoms with Gasteiger partial charge in [-0.2, -0.15) is 11.8 Å². The molecule has 29 heavy (non-hydrogen) atoms. The fourth-order valence-corrected chi connectivity index (χ4v) is 4.81. The molecule has 1 aromatic rings. The molecule has 0 saturated carbocycles. The number of thioether (sulfide) groups is 1. The highest BCUT2D eigenvalue weighted by Gasteiger charge is 2.16. The highest BCUT2D eigenvalue weighted by Crippen LogP contribution is 2.35. The summed E-state index contributed by atoms with van der Waals surface area (Å²) in [6.07, 6.45) is 13.6. The summed E-state index contributed by atoms with van der Waals surface area (Å²) in [4.78, 5) is 21.9. The average Bonchev–Trinajstić information content (AvgIpc) is 2.68. The number of carbonyl (C=O) groups excluding carboxylic acids is 2. The number of unbranched alkanes of at least 4 members (excludes halogenated alkanes) is 9. The van der Waals surface area contributed by atoms with Crippen molar-refractivity contribution in [3.8, 4) is 0 Å².